The predicted octanol–water partition coefficient (Wildman–Crippen LogP) is 3.91. The lowest BCUT2D eigenvalue weighted by Gasteiger charge is -2.10. The number of hydrogen-bond acceptors (Lipinski definition) is 2. The second kappa shape index (κ2) is 8.61. The van der Waals surface area contributed by atoms with Crippen LogP contribution in [-0.4, -0.2) is 17.4 Å². The van der Waals surface area contributed by atoms with Crippen LogP contribution < -0.4 is 10.6 Å². The molecule has 20 heavy (non-hydrogen) atoms. The predicted molar refractivity (Wildman–Crippen MR) is 93.3 cm³/mol. The molecule has 2 aromatic rings. The van der Waals surface area contributed by atoms with Crippen molar-refractivity contribution in [2.24, 2.45) is 0 Å². The van der Waals surface area contributed by atoms with Crippen molar-refractivity contribution in [3.8, 4) is 0 Å². The first kappa shape index (κ1) is 14.9. The Morgan fingerprint density at radius 1 is 0.950 bits per heavy atom. The first-order valence-electron chi connectivity index (χ1n) is 6.56. The van der Waals surface area contributed by atoms with Crippen molar-refractivity contribution < 1.29 is 0 Å². The normalized spacial score (nSPS) is 10.0. The second-order valence-electron chi connectivity index (χ2n) is 4.29. The van der Waals surface area contributed by atoms with Crippen molar-refractivity contribution >= 4 is 34.8 Å². The highest BCUT2D eigenvalue weighted by Crippen LogP contribution is 2.10. The van der Waals surface area contributed by atoms with Gasteiger partial charge >= 0.3 is 0 Å². The van der Waals surface area contributed by atoms with E-state index in [4.69, 9.17) is 12.2 Å². The van der Waals surface area contributed by atoms with Crippen LogP contribution in [0.1, 0.15) is 5.56 Å². The van der Waals surface area contributed by atoms with Crippen molar-refractivity contribution in [2.75, 3.05) is 17.6 Å². The fourth-order valence-electron chi connectivity index (χ4n) is 1.70. The van der Waals surface area contributed by atoms with Gasteiger partial charge in [0.2, 0.25) is 0 Å². The molecule has 0 aromatic heterocycles. The fraction of sp³-hybridized carbons (Fsp3) is 0.188. The van der Waals surface area contributed by atoms with Gasteiger partial charge in [0.15, 0.2) is 5.11 Å². The van der Waals surface area contributed by atoms with E-state index in [1.807, 2.05) is 48.2 Å². The molecule has 0 atom stereocenters. The third kappa shape index (κ3) is 5.63. The van der Waals surface area contributed by atoms with E-state index in [2.05, 4.69) is 34.9 Å². The first-order valence-corrected chi connectivity index (χ1v) is 8.12. The third-order valence-electron chi connectivity index (χ3n) is 2.68. The average Bonchev–Trinajstić information content (AvgIpc) is 2.49. The van der Waals surface area contributed by atoms with E-state index in [0.29, 0.717) is 5.11 Å². The zero-order chi connectivity index (χ0) is 14.0. The van der Waals surface area contributed by atoms with E-state index < -0.39 is 0 Å². The Bertz CT molecular complexity index is 515. The van der Waals surface area contributed by atoms with Crippen LogP contribution in [-0.2, 0) is 5.75 Å². The molecule has 0 spiro atoms. The van der Waals surface area contributed by atoms with E-state index in [0.717, 1.165) is 23.7 Å². The molecule has 0 aliphatic rings. The molecule has 2 rings (SSSR count). The van der Waals surface area contributed by atoms with E-state index in [9.17, 15) is 0 Å². The zero-order valence-corrected chi connectivity index (χ0v) is 12.8. The van der Waals surface area contributed by atoms with Crippen molar-refractivity contribution in [2.45, 2.75) is 5.75 Å². The van der Waals surface area contributed by atoms with Gasteiger partial charge in [0, 0.05) is 23.7 Å². The van der Waals surface area contributed by atoms with E-state index in [-0.39, 0.29) is 0 Å². The van der Waals surface area contributed by atoms with Gasteiger partial charge < -0.3 is 10.6 Å². The van der Waals surface area contributed by atoms with Crippen LogP contribution in [0.2, 0.25) is 0 Å². The summed E-state index contributed by atoms with van der Waals surface area (Å²) in [7, 11) is 0. The second-order valence-corrected chi connectivity index (χ2v) is 5.80. The monoisotopic (exact) mass is 302 g/mol. The third-order valence-corrected chi connectivity index (χ3v) is 3.95. The highest BCUT2D eigenvalue weighted by atomic mass is 32.2. The molecule has 2 N–H and O–H groups in total. The Kier molecular flexibility index (Phi) is 6.41. The van der Waals surface area contributed by atoms with E-state index in [1.54, 1.807) is 0 Å². The van der Waals surface area contributed by atoms with Gasteiger partial charge in [-0.15, -0.1) is 0 Å². The van der Waals surface area contributed by atoms with Gasteiger partial charge in [-0.1, -0.05) is 48.5 Å². The fourth-order valence-corrected chi connectivity index (χ4v) is 2.74. The summed E-state index contributed by atoms with van der Waals surface area (Å²) in [5, 5.41) is 7.06. The maximum atomic E-state index is 5.25. The summed E-state index contributed by atoms with van der Waals surface area (Å²) in [5.41, 5.74) is 2.38. The van der Waals surface area contributed by atoms with Crippen LogP contribution in [0.25, 0.3) is 0 Å². The van der Waals surface area contributed by atoms with Gasteiger partial charge in [0.1, 0.15) is 0 Å². The SMILES string of the molecule is S=C(NCCSCc1ccccc1)Nc1ccccc1. The minimum absolute atomic E-state index is 0.677. The lowest BCUT2D eigenvalue weighted by atomic mass is 10.2. The van der Waals surface area contributed by atoms with Crippen LogP contribution in [0.4, 0.5) is 5.69 Å². The molecular formula is C16H18N2S2. The molecule has 2 aromatic carbocycles. The Labute approximate surface area is 130 Å². The number of thiocarbonyl (C=S) groups is 1. The topological polar surface area (TPSA) is 24.1 Å². The van der Waals surface area contributed by atoms with Gasteiger partial charge in [-0.2, -0.15) is 11.8 Å². The highest BCUT2D eigenvalue weighted by Gasteiger charge is 1.97. The number of hydrogen-bond donors (Lipinski definition) is 2. The van der Waals surface area contributed by atoms with Crippen molar-refractivity contribution in [1.82, 2.24) is 5.32 Å². The zero-order valence-electron chi connectivity index (χ0n) is 11.2. The molecule has 0 saturated heterocycles. The molecule has 0 radical (unpaired) electrons. The van der Waals surface area contributed by atoms with E-state index in [1.165, 1.54) is 5.56 Å². The van der Waals surface area contributed by atoms with Gasteiger partial charge in [0.05, 0.1) is 0 Å². The van der Waals surface area contributed by atoms with Crippen molar-refractivity contribution in [3.63, 3.8) is 0 Å². The Hall–Kier alpha value is -1.52. The summed E-state index contributed by atoms with van der Waals surface area (Å²) < 4.78 is 0. The minimum Gasteiger partial charge on any atom is -0.362 e. The average molecular weight is 302 g/mol. The maximum absolute atomic E-state index is 5.25. The summed E-state index contributed by atoms with van der Waals surface area (Å²) in [4.78, 5) is 0. The van der Waals surface area contributed by atoms with Crippen molar-refractivity contribution in [1.29, 1.82) is 0 Å². The van der Waals surface area contributed by atoms with Crippen LogP contribution in [0.15, 0.2) is 60.7 Å². The molecule has 2 nitrogen and oxygen atoms in total. The summed E-state index contributed by atoms with van der Waals surface area (Å²) >= 11 is 7.15. The quantitative estimate of drug-likeness (QED) is 0.624. The van der Waals surface area contributed by atoms with Crippen LogP contribution in [0.5, 0.6) is 0 Å². The molecule has 0 saturated carbocycles. The lowest BCUT2D eigenvalue weighted by molar-refractivity contribution is 0.990. The summed E-state index contributed by atoms with van der Waals surface area (Å²) in [5.74, 6) is 2.08. The molecule has 0 heterocycles. The highest BCUT2D eigenvalue weighted by molar-refractivity contribution is 7.98. The van der Waals surface area contributed by atoms with Gasteiger partial charge in [-0.3, -0.25) is 0 Å². The molecule has 0 fully saturated rings. The number of anilines is 1. The number of thioether (sulfide) groups is 1. The summed E-state index contributed by atoms with van der Waals surface area (Å²) in [6.45, 7) is 0.871. The number of benzene rings is 2. The largest absolute Gasteiger partial charge is 0.362 e. The van der Waals surface area contributed by atoms with Crippen LogP contribution in [0, 0.1) is 0 Å². The molecule has 104 valence electrons. The maximum Gasteiger partial charge on any atom is 0.170 e. The van der Waals surface area contributed by atoms with Crippen LogP contribution in [0.3, 0.4) is 0 Å². The molecule has 0 bridgehead atoms. The van der Waals surface area contributed by atoms with Crippen LogP contribution >= 0.6 is 24.0 Å². The molecule has 0 amide bonds. The van der Waals surface area contributed by atoms with Crippen molar-refractivity contribution in [3.05, 3.63) is 66.2 Å². The lowest BCUT2D eigenvalue weighted by Crippen LogP contribution is -2.30. The molecule has 0 aliphatic carbocycles. The summed E-state index contributed by atoms with van der Waals surface area (Å²) in [6.07, 6.45) is 0. The smallest absolute Gasteiger partial charge is 0.170 e. The molecule has 4 heteroatoms. The molecule has 0 unspecified atom stereocenters. The number of nitrogens with one attached hydrogen (secondary N) is 2. The standard InChI is InChI=1S/C16H18N2S2/c19-16(18-15-9-5-2-6-10-15)17-11-12-20-13-14-7-3-1-4-8-14/h1-10H,11-13H2,(H2,17,18,19). The molecular weight excluding hydrogens is 284 g/mol. The van der Waals surface area contributed by atoms with Gasteiger partial charge in [-0.05, 0) is 29.9 Å². The number of rotatable bonds is 6. The molecule has 0 aliphatic heterocycles. The minimum atomic E-state index is 0.677. The van der Waals surface area contributed by atoms with Gasteiger partial charge in [0.25, 0.3) is 0 Å². The van der Waals surface area contributed by atoms with Gasteiger partial charge in [-0.25, -0.2) is 0 Å². The Morgan fingerprint density at radius 3 is 2.30 bits per heavy atom. The Balaban J connectivity index is 1.58. The summed E-state index contributed by atoms with van der Waals surface area (Å²) in [6, 6.07) is 20.5. The number of para-hydroxylation sites is 1. The first-order chi connectivity index (χ1) is 9.84. The Morgan fingerprint density at radius 2 is 1.60 bits per heavy atom. The van der Waals surface area contributed by atoms with E-state index >= 15 is 0 Å².